The molecule has 0 bridgehead atoms. The molecule has 0 unspecified atom stereocenters. The van der Waals surface area contributed by atoms with Crippen molar-refractivity contribution in [2.75, 3.05) is 6.54 Å². The van der Waals surface area contributed by atoms with Gasteiger partial charge in [0.15, 0.2) is 5.78 Å². The second-order valence-corrected chi connectivity index (χ2v) is 7.56. The number of fused-ring (bicyclic) bond motifs is 1. The quantitative estimate of drug-likeness (QED) is 0.445. The molecule has 0 aliphatic heterocycles. The molecule has 0 aliphatic rings. The molecular formula is C25H19ClN2O3. The number of aromatic amines is 1. The molecule has 31 heavy (non-hydrogen) atoms. The summed E-state index contributed by atoms with van der Waals surface area (Å²) in [6, 6.07) is 21.1. The van der Waals surface area contributed by atoms with Gasteiger partial charge in [-0.15, -0.1) is 0 Å². The van der Waals surface area contributed by atoms with Gasteiger partial charge in [0, 0.05) is 39.8 Å². The maximum Gasteiger partial charge on any atom is 0.256 e. The third-order valence-corrected chi connectivity index (χ3v) is 5.29. The summed E-state index contributed by atoms with van der Waals surface area (Å²) >= 11 is 5.88. The molecule has 1 heterocycles. The van der Waals surface area contributed by atoms with Crippen molar-refractivity contribution in [2.45, 2.75) is 6.42 Å². The number of benzene rings is 3. The van der Waals surface area contributed by atoms with Crippen molar-refractivity contribution in [2.24, 2.45) is 0 Å². The summed E-state index contributed by atoms with van der Waals surface area (Å²) in [5, 5.41) is 3.72. The highest BCUT2D eigenvalue weighted by Crippen LogP contribution is 2.15. The van der Waals surface area contributed by atoms with E-state index in [2.05, 4.69) is 10.3 Å². The number of rotatable bonds is 6. The third-order valence-electron chi connectivity index (χ3n) is 5.04. The van der Waals surface area contributed by atoms with Gasteiger partial charge in [-0.2, -0.15) is 0 Å². The van der Waals surface area contributed by atoms with Crippen molar-refractivity contribution in [3.05, 3.63) is 116 Å². The molecule has 0 fully saturated rings. The number of aromatic nitrogens is 1. The van der Waals surface area contributed by atoms with Crippen LogP contribution < -0.4 is 10.7 Å². The molecule has 0 saturated carbocycles. The number of halogens is 1. The van der Waals surface area contributed by atoms with Gasteiger partial charge in [-0.25, -0.2) is 0 Å². The summed E-state index contributed by atoms with van der Waals surface area (Å²) in [4.78, 5) is 41.2. The van der Waals surface area contributed by atoms with E-state index in [1.165, 1.54) is 12.3 Å². The maximum absolute atomic E-state index is 12.9. The first kappa shape index (κ1) is 20.6. The van der Waals surface area contributed by atoms with Crippen molar-refractivity contribution >= 4 is 34.2 Å². The highest BCUT2D eigenvalue weighted by Gasteiger charge is 2.15. The summed E-state index contributed by atoms with van der Waals surface area (Å²) in [5.74, 6) is -0.642. The van der Waals surface area contributed by atoms with Crippen LogP contribution in [-0.4, -0.2) is 23.2 Å². The van der Waals surface area contributed by atoms with Gasteiger partial charge < -0.3 is 10.3 Å². The molecule has 5 nitrogen and oxygen atoms in total. The fourth-order valence-corrected chi connectivity index (χ4v) is 3.48. The molecular weight excluding hydrogens is 412 g/mol. The van der Waals surface area contributed by atoms with E-state index in [1.54, 1.807) is 48.5 Å². The van der Waals surface area contributed by atoms with E-state index in [0.29, 0.717) is 40.0 Å². The predicted molar refractivity (Wildman–Crippen MR) is 122 cm³/mol. The van der Waals surface area contributed by atoms with Crippen LogP contribution in [0.1, 0.15) is 31.8 Å². The lowest BCUT2D eigenvalue weighted by molar-refractivity contribution is 0.0952. The second-order valence-electron chi connectivity index (χ2n) is 7.12. The van der Waals surface area contributed by atoms with E-state index in [0.717, 1.165) is 5.56 Å². The van der Waals surface area contributed by atoms with Crippen molar-refractivity contribution in [1.29, 1.82) is 0 Å². The van der Waals surface area contributed by atoms with Crippen LogP contribution in [-0.2, 0) is 6.42 Å². The number of hydrogen-bond donors (Lipinski definition) is 2. The minimum absolute atomic E-state index is 0.00733. The van der Waals surface area contributed by atoms with Crippen molar-refractivity contribution in [3.63, 3.8) is 0 Å². The highest BCUT2D eigenvalue weighted by molar-refractivity contribution is 6.30. The minimum atomic E-state index is -0.461. The summed E-state index contributed by atoms with van der Waals surface area (Å²) in [7, 11) is 0. The van der Waals surface area contributed by atoms with Crippen molar-refractivity contribution in [1.82, 2.24) is 10.3 Å². The van der Waals surface area contributed by atoms with Crippen LogP contribution in [0.5, 0.6) is 0 Å². The van der Waals surface area contributed by atoms with E-state index in [-0.39, 0.29) is 11.3 Å². The van der Waals surface area contributed by atoms with Gasteiger partial charge in [-0.05, 0) is 42.3 Å². The molecule has 3 aromatic carbocycles. The molecule has 0 saturated heterocycles. The standard InChI is InChI=1S/C25H19ClN2O3/c26-19-9-6-16(7-10-19)12-13-27-25(31)21-15-28-22-11-8-18(14-20(22)24(21)30)23(29)17-4-2-1-3-5-17/h1-11,14-15H,12-13H2,(H,27,31)(H,28,30). The van der Waals surface area contributed by atoms with E-state index < -0.39 is 11.3 Å². The molecule has 154 valence electrons. The molecule has 0 radical (unpaired) electrons. The van der Waals surface area contributed by atoms with E-state index in [9.17, 15) is 14.4 Å². The Morgan fingerprint density at radius 3 is 2.39 bits per heavy atom. The molecule has 0 spiro atoms. The first-order valence-electron chi connectivity index (χ1n) is 9.81. The Kier molecular flexibility index (Phi) is 5.96. The van der Waals surface area contributed by atoms with E-state index in [4.69, 9.17) is 11.6 Å². The van der Waals surface area contributed by atoms with Gasteiger partial charge in [0.05, 0.1) is 0 Å². The van der Waals surface area contributed by atoms with E-state index in [1.807, 2.05) is 18.2 Å². The van der Waals surface area contributed by atoms with Crippen molar-refractivity contribution < 1.29 is 9.59 Å². The number of hydrogen-bond acceptors (Lipinski definition) is 3. The number of nitrogens with one attached hydrogen (secondary N) is 2. The van der Waals surface area contributed by atoms with Crippen LogP contribution >= 0.6 is 11.6 Å². The third kappa shape index (κ3) is 4.57. The molecule has 4 rings (SSSR count). The lowest BCUT2D eigenvalue weighted by atomic mass is 10.0. The predicted octanol–water partition coefficient (Wildman–Crippen LogP) is 4.39. The monoisotopic (exact) mass is 430 g/mol. The summed E-state index contributed by atoms with van der Waals surface area (Å²) < 4.78 is 0. The Hall–Kier alpha value is -3.70. The molecule has 6 heteroatoms. The van der Waals surface area contributed by atoms with Crippen LogP contribution in [0.15, 0.2) is 83.8 Å². The first-order valence-corrected chi connectivity index (χ1v) is 10.2. The van der Waals surface area contributed by atoms with Crippen LogP contribution in [0.4, 0.5) is 0 Å². The molecule has 4 aromatic rings. The summed E-state index contributed by atoms with van der Waals surface area (Å²) in [6.45, 7) is 0.379. The number of pyridine rings is 1. The molecule has 0 aliphatic carbocycles. The smallest absolute Gasteiger partial charge is 0.256 e. The van der Waals surface area contributed by atoms with E-state index >= 15 is 0 Å². The summed E-state index contributed by atoms with van der Waals surface area (Å²) in [6.07, 6.45) is 2.02. The van der Waals surface area contributed by atoms with Gasteiger partial charge in [0.25, 0.3) is 5.91 Å². The average molecular weight is 431 g/mol. The molecule has 1 aromatic heterocycles. The number of H-pyrrole nitrogens is 1. The number of carbonyl (C=O) groups excluding carboxylic acids is 2. The topological polar surface area (TPSA) is 79.0 Å². The molecule has 2 N–H and O–H groups in total. The van der Waals surface area contributed by atoms with Gasteiger partial charge >= 0.3 is 0 Å². The number of amides is 1. The maximum atomic E-state index is 12.9. The Morgan fingerprint density at radius 1 is 0.903 bits per heavy atom. The molecule has 1 amide bonds. The van der Waals surface area contributed by atoms with Gasteiger partial charge in [0.2, 0.25) is 5.43 Å². The molecule has 0 atom stereocenters. The second kappa shape index (κ2) is 8.98. The Bertz CT molecular complexity index is 1310. The Balaban J connectivity index is 1.55. The average Bonchev–Trinajstić information content (AvgIpc) is 2.80. The largest absolute Gasteiger partial charge is 0.360 e. The normalized spacial score (nSPS) is 10.7. The Labute approximate surface area is 183 Å². The van der Waals surface area contributed by atoms with Gasteiger partial charge in [-0.3, -0.25) is 14.4 Å². The lowest BCUT2D eigenvalue weighted by Crippen LogP contribution is -2.30. The zero-order chi connectivity index (χ0) is 21.8. The lowest BCUT2D eigenvalue weighted by Gasteiger charge is -2.07. The first-order chi connectivity index (χ1) is 15.0. The van der Waals surface area contributed by atoms with Crippen molar-refractivity contribution in [3.8, 4) is 0 Å². The fourth-order valence-electron chi connectivity index (χ4n) is 3.35. The highest BCUT2D eigenvalue weighted by atomic mass is 35.5. The van der Waals surface area contributed by atoms with Crippen LogP contribution in [0.3, 0.4) is 0 Å². The van der Waals surface area contributed by atoms with Crippen LogP contribution in [0.2, 0.25) is 5.02 Å². The minimum Gasteiger partial charge on any atom is -0.360 e. The number of ketones is 1. The Morgan fingerprint density at radius 2 is 1.65 bits per heavy atom. The van der Waals surface area contributed by atoms with Gasteiger partial charge in [0.1, 0.15) is 5.56 Å². The van der Waals surface area contributed by atoms with Crippen LogP contribution in [0.25, 0.3) is 10.9 Å². The summed E-state index contributed by atoms with van der Waals surface area (Å²) in [5.41, 5.74) is 2.11. The number of carbonyl (C=O) groups is 2. The zero-order valence-corrected chi connectivity index (χ0v) is 17.3. The van der Waals surface area contributed by atoms with Gasteiger partial charge in [-0.1, -0.05) is 54.1 Å². The SMILES string of the molecule is O=C(c1ccccc1)c1ccc2[nH]cc(C(=O)NCCc3ccc(Cl)cc3)c(=O)c2c1. The van der Waals surface area contributed by atoms with Crippen LogP contribution in [0, 0.1) is 0 Å². The zero-order valence-electron chi connectivity index (χ0n) is 16.5. The fraction of sp³-hybridized carbons (Fsp3) is 0.0800.